The molecule has 2 aromatic heterocycles. The average molecular weight is 630 g/mol. The number of hydrogen-bond donors (Lipinski definition) is 2. The van der Waals surface area contributed by atoms with Crippen LogP contribution in [-0.4, -0.2) is 80.7 Å². The lowest BCUT2D eigenvalue weighted by molar-refractivity contribution is 0.00582. The van der Waals surface area contributed by atoms with Crippen molar-refractivity contribution in [2.45, 2.75) is 56.3 Å². The van der Waals surface area contributed by atoms with Gasteiger partial charge in [0, 0.05) is 55.0 Å². The van der Waals surface area contributed by atoms with Gasteiger partial charge in [-0.2, -0.15) is 9.97 Å². The Morgan fingerprint density at radius 2 is 1.89 bits per heavy atom. The van der Waals surface area contributed by atoms with Crippen molar-refractivity contribution >= 4 is 27.5 Å². The van der Waals surface area contributed by atoms with Crippen LogP contribution in [0.3, 0.4) is 0 Å². The summed E-state index contributed by atoms with van der Waals surface area (Å²) < 4.78 is 52.4. The summed E-state index contributed by atoms with van der Waals surface area (Å²) in [6, 6.07) is 5.39. The molecule has 8 nitrogen and oxygen atoms in total. The molecule has 0 radical (unpaired) electrons. The minimum absolute atomic E-state index is 0.0329. The summed E-state index contributed by atoms with van der Waals surface area (Å²) in [6.45, 7) is 2.41. The molecule has 4 fully saturated rings. The second-order valence-corrected chi connectivity index (χ2v) is 13.4. The summed E-state index contributed by atoms with van der Waals surface area (Å²) >= 11 is 0. The first kappa shape index (κ1) is 29.3. The number of ether oxygens (including phenoxy) is 1. The summed E-state index contributed by atoms with van der Waals surface area (Å²) in [5.74, 6) is 1.32. The fourth-order valence-corrected chi connectivity index (χ4v) is 8.50. The molecule has 238 valence electrons. The first-order valence-electron chi connectivity index (χ1n) is 16.0. The van der Waals surface area contributed by atoms with E-state index in [9.17, 15) is 19.0 Å². The highest BCUT2D eigenvalue weighted by Crippen LogP contribution is 2.43. The van der Waals surface area contributed by atoms with Crippen LogP contribution in [0.5, 0.6) is 11.8 Å². The minimum Gasteiger partial charge on any atom is -0.508 e. The highest BCUT2D eigenvalue weighted by Gasteiger charge is 2.49. The van der Waals surface area contributed by atoms with Gasteiger partial charge in [-0.25, -0.2) is 13.2 Å². The van der Waals surface area contributed by atoms with Crippen molar-refractivity contribution < 1.29 is 28.1 Å². The highest BCUT2D eigenvalue weighted by atomic mass is 19.1. The number of rotatable bonds is 5. The Balaban J connectivity index is 1.27. The van der Waals surface area contributed by atoms with Crippen LogP contribution in [0.15, 0.2) is 30.5 Å². The van der Waals surface area contributed by atoms with Crippen LogP contribution >= 0.6 is 0 Å². The van der Waals surface area contributed by atoms with Gasteiger partial charge >= 0.3 is 6.01 Å². The van der Waals surface area contributed by atoms with E-state index in [1.165, 1.54) is 30.5 Å². The number of aliphatic hydroxyl groups excluding tert-OH is 1. The minimum atomic E-state index is -0.933. The van der Waals surface area contributed by atoms with Crippen LogP contribution in [0.25, 0.3) is 32.9 Å². The van der Waals surface area contributed by atoms with E-state index in [0.29, 0.717) is 42.6 Å². The van der Waals surface area contributed by atoms with Gasteiger partial charge in [0.25, 0.3) is 0 Å². The van der Waals surface area contributed by atoms with E-state index in [-0.39, 0.29) is 57.9 Å². The summed E-state index contributed by atoms with van der Waals surface area (Å²) in [5.41, 5.74) is -0.605. The Hall–Kier alpha value is -4.14. The predicted molar refractivity (Wildman–Crippen MR) is 167 cm³/mol. The lowest BCUT2D eigenvalue weighted by Crippen LogP contribution is -2.51. The van der Waals surface area contributed by atoms with Crippen molar-refractivity contribution in [2.75, 3.05) is 37.7 Å². The summed E-state index contributed by atoms with van der Waals surface area (Å²) in [6.07, 6.45) is 10.8. The lowest BCUT2D eigenvalue weighted by atomic mass is 9.75. The van der Waals surface area contributed by atoms with Crippen LogP contribution in [-0.2, 0) is 0 Å². The second kappa shape index (κ2) is 11.0. The standard InChI is InChI=1S/C35H34F3N5O3/c1-2-24-27(37)8-7-19-11-23(44)12-25(28(19)24)30-29(38)31-26(14-39-30)33(42-15-20-5-3-6-21(16-42)32(20)45)41-34(40-31)46-18-35-9-4-10-43(35)17-22(36)13-35/h1,7-8,11-12,14,20-22,32,44-45H,3-6,9-10,13,15-18H2/t20?,21?,22-,32?,35+/m1/s1. The molecule has 1 aliphatic carbocycles. The molecule has 2 unspecified atom stereocenters. The molecule has 4 aromatic rings. The van der Waals surface area contributed by atoms with Gasteiger partial charge in [0.1, 0.15) is 41.4 Å². The fourth-order valence-electron chi connectivity index (χ4n) is 8.50. The molecule has 11 heteroatoms. The van der Waals surface area contributed by atoms with E-state index in [1.807, 2.05) is 0 Å². The quantitative estimate of drug-likeness (QED) is 0.285. The molecule has 5 heterocycles. The summed E-state index contributed by atoms with van der Waals surface area (Å²) in [5, 5.41) is 22.4. The zero-order valence-corrected chi connectivity index (χ0v) is 25.2. The maximum absolute atomic E-state index is 16.8. The molecule has 2 aromatic carbocycles. The number of halogens is 3. The van der Waals surface area contributed by atoms with Gasteiger partial charge in [-0.1, -0.05) is 18.4 Å². The molecular formula is C35H34F3N5O3. The van der Waals surface area contributed by atoms with Crippen LogP contribution in [0, 0.1) is 35.8 Å². The van der Waals surface area contributed by atoms with E-state index in [0.717, 1.165) is 38.6 Å². The van der Waals surface area contributed by atoms with Crippen molar-refractivity contribution in [2.24, 2.45) is 11.8 Å². The second-order valence-electron chi connectivity index (χ2n) is 13.4. The number of nitrogens with zero attached hydrogens (tertiary/aromatic N) is 5. The first-order chi connectivity index (χ1) is 22.2. The molecule has 46 heavy (non-hydrogen) atoms. The lowest BCUT2D eigenvalue weighted by Gasteiger charge is -2.45. The third kappa shape index (κ3) is 4.64. The Kier molecular flexibility index (Phi) is 6.99. The Labute approximate surface area is 264 Å². The van der Waals surface area contributed by atoms with Gasteiger partial charge in [0.05, 0.1) is 22.6 Å². The van der Waals surface area contributed by atoms with Gasteiger partial charge in [0.15, 0.2) is 5.82 Å². The summed E-state index contributed by atoms with van der Waals surface area (Å²) in [4.78, 5) is 18.0. The molecule has 3 saturated heterocycles. The molecule has 4 aliphatic rings. The van der Waals surface area contributed by atoms with E-state index < -0.39 is 29.4 Å². The van der Waals surface area contributed by atoms with Gasteiger partial charge < -0.3 is 19.8 Å². The number of piperidine rings is 1. The van der Waals surface area contributed by atoms with Crippen LogP contribution in [0.1, 0.15) is 44.1 Å². The number of aromatic nitrogens is 3. The molecule has 1 saturated carbocycles. The maximum atomic E-state index is 16.8. The number of phenolic OH excluding ortho intramolecular Hbond substituents is 1. The molecule has 0 spiro atoms. The van der Waals surface area contributed by atoms with Crippen LogP contribution in [0.4, 0.5) is 19.0 Å². The number of fused-ring (bicyclic) bond motifs is 5. The molecule has 3 aliphatic heterocycles. The van der Waals surface area contributed by atoms with Gasteiger partial charge in [-0.05, 0) is 55.8 Å². The Morgan fingerprint density at radius 1 is 1.09 bits per heavy atom. The molecule has 4 atom stereocenters. The number of terminal acetylenes is 1. The number of anilines is 1. The van der Waals surface area contributed by atoms with Gasteiger partial charge in [-0.3, -0.25) is 9.88 Å². The molecule has 2 bridgehead atoms. The number of phenols is 1. The number of pyridine rings is 1. The van der Waals surface area contributed by atoms with Gasteiger partial charge in [0.2, 0.25) is 0 Å². The third-order valence-corrected chi connectivity index (χ3v) is 10.7. The number of aliphatic hydroxyl groups is 1. The van der Waals surface area contributed by atoms with Crippen molar-refractivity contribution in [1.29, 1.82) is 0 Å². The van der Waals surface area contributed by atoms with E-state index in [2.05, 4.69) is 25.7 Å². The van der Waals surface area contributed by atoms with E-state index in [4.69, 9.17) is 16.1 Å². The van der Waals surface area contributed by atoms with Crippen molar-refractivity contribution in [3.05, 3.63) is 47.7 Å². The molecule has 2 N–H and O–H groups in total. The zero-order chi connectivity index (χ0) is 31.7. The predicted octanol–water partition coefficient (Wildman–Crippen LogP) is 5.36. The number of hydrogen-bond acceptors (Lipinski definition) is 8. The number of alkyl halides is 1. The van der Waals surface area contributed by atoms with Crippen molar-refractivity contribution in [3.63, 3.8) is 0 Å². The number of benzene rings is 2. The van der Waals surface area contributed by atoms with E-state index in [1.54, 1.807) is 0 Å². The largest absolute Gasteiger partial charge is 0.508 e. The smallest absolute Gasteiger partial charge is 0.319 e. The topological polar surface area (TPSA) is 94.8 Å². The van der Waals surface area contributed by atoms with E-state index >= 15 is 4.39 Å². The van der Waals surface area contributed by atoms with Crippen LogP contribution < -0.4 is 9.64 Å². The van der Waals surface area contributed by atoms with Crippen LogP contribution in [0.2, 0.25) is 0 Å². The average Bonchev–Trinajstić information content (AvgIpc) is 3.55. The SMILES string of the molecule is C#Cc1c(F)ccc2cc(O)cc(-c3ncc4c(N5CC6CCCC(C5)C6O)nc(OC[C@@]56CCCN5C[C@H](F)C6)nc4c3F)c12. The zero-order valence-electron chi connectivity index (χ0n) is 25.2. The molecule has 0 amide bonds. The molecular weight excluding hydrogens is 595 g/mol. The third-order valence-electron chi connectivity index (χ3n) is 10.7. The maximum Gasteiger partial charge on any atom is 0.319 e. The van der Waals surface area contributed by atoms with Crippen molar-refractivity contribution in [1.82, 2.24) is 19.9 Å². The molecule has 8 rings (SSSR count). The van der Waals surface area contributed by atoms with Crippen molar-refractivity contribution in [3.8, 4) is 35.4 Å². The fraction of sp³-hybridized carbons (Fsp3) is 0.457. The van der Waals surface area contributed by atoms with Gasteiger partial charge in [-0.15, -0.1) is 6.42 Å². The monoisotopic (exact) mass is 629 g/mol. The Bertz CT molecular complexity index is 1900. The summed E-state index contributed by atoms with van der Waals surface area (Å²) in [7, 11) is 0. The highest BCUT2D eigenvalue weighted by molar-refractivity contribution is 6.03. The Morgan fingerprint density at radius 3 is 2.67 bits per heavy atom. The normalized spacial score (nSPS) is 27.7. The first-order valence-corrected chi connectivity index (χ1v) is 16.0. The number of aromatic hydroxyl groups is 1.